The Labute approximate surface area is 116 Å². The van der Waals surface area contributed by atoms with Crippen LogP contribution in [-0.2, 0) is 6.42 Å². The molecular weight excluding hydrogens is 319 g/mol. The Kier molecular flexibility index (Phi) is 4.43. The van der Waals surface area contributed by atoms with Crippen LogP contribution in [0.2, 0.25) is 0 Å². The molecule has 0 fully saturated rings. The Morgan fingerprint density at radius 2 is 2.33 bits per heavy atom. The molecule has 0 saturated carbocycles. The molecule has 2 rings (SSSR count). The van der Waals surface area contributed by atoms with Crippen molar-refractivity contribution in [2.75, 3.05) is 6.54 Å². The van der Waals surface area contributed by atoms with Gasteiger partial charge in [-0.2, -0.15) is 0 Å². The van der Waals surface area contributed by atoms with Crippen LogP contribution in [-0.4, -0.2) is 17.4 Å². The summed E-state index contributed by atoms with van der Waals surface area (Å²) in [6, 6.07) is 4.45. The summed E-state index contributed by atoms with van der Waals surface area (Å²) in [5.74, 6) is -0.951. The van der Waals surface area contributed by atoms with Gasteiger partial charge in [0.15, 0.2) is 0 Å². The number of halogens is 2. The smallest absolute Gasteiger partial charge is 0.255 e. The zero-order valence-electron chi connectivity index (χ0n) is 9.32. The summed E-state index contributed by atoms with van der Waals surface area (Å²) in [4.78, 5) is 15.9. The van der Waals surface area contributed by atoms with Gasteiger partial charge in [-0.3, -0.25) is 4.79 Å². The van der Waals surface area contributed by atoms with Crippen molar-refractivity contribution in [3.63, 3.8) is 0 Å². The van der Waals surface area contributed by atoms with Crippen LogP contribution in [0.5, 0.6) is 0 Å². The van der Waals surface area contributed by atoms with E-state index in [2.05, 4.69) is 26.2 Å². The summed E-state index contributed by atoms with van der Waals surface area (Å²) in [5, 5.41) is 5.50. The molecule has 0 aliphatic carbocycles. The number of nitrogens with zero attached hydrogens (tertiary/aromatic N) is 1. The quantitative estimate of drug-likeness (QED) is 0.937. The molecular formula is C12H10BrFN2OS. The van der Waals surface area contributed by atoms with Crippen molar-refractivity contribution in [3.8, 4) is 0 Å². The van der Waals surface area contributed by atoms with E-state index in [-0.39, 0.29) is 5.56 Å². The van der Waals surface area contributed by atoms with Crippen molar-refractivity contribution in [1.82, 2.24) is 10.3 Å². The molecule has 94 valence electrons. The lowest BCUT2D eigenvalue weighted by Gasteiger charge is -2.06. The average molecular weight is 329 g/mol. The van der Waals surface area contributed by atoms with Crippen molar-refractivity contribution >= 4 is 33.2 Å². The van der Waals surface area contributed by atoms with E-state index in [1.165, 1.54) is 17.4 Å². The molecule has 0 unspecified atom stereocenters. The van der Waals surface area contributed by atoms with E-state index in [1.54, 1.807) is 18.3 Å². The zero-order chi connectivity index (χ0) is 13.0. The normalized spacial score (nSPS) is 10.3. The Bertz CT molecular complexity index is 525. The van der Waals surface area contributed by atoms with Crippen molar-refractivity contribution < 1.29 is 9.18 Å². The number of nitrogens with one attached hydrogen (secondary N) is 1. The summed E-state index contributed by atoms with van der Waals surface area (Å²) >= 11 is 4.70. The minimum Gasteiger partial charge on any atom is -0.351 e. The van der Waals surface area contributed by atoms with E-state index in [9.17, 15) is 9.18 Å². The first-order chi connectivity index (χ1) is 8.68. The van der Waals surface area contributed by atoms with Crippen molar-refractivity contribution in [2.24, 2.45) is 0 Å². The van der Waals surface area contributed by atoms with Crippen LogP contribution in [0.1, 0.15) is 15.4 Å². The first-order valence-corrected chi connectivity index (χ1v) is 6.96. The Hall–Kier alpha value is -1.27. The van der Waals surface area contributed by atoms with Gasteiger partial charge in [0, 0.05) is 29.0 Å². The number of carbonyl (C=O) groups is 1. The first-order valence-electron chi connectivity index (χ1n) is 5.29. The van der Waals surface area contributed by atoms with Crippen molar-refractivity contribution in [3.05, 3.63) is 50.6 Å². The number of aromatic nitrogens is 1. The number of hydrogen-bond donors (Lipinski definition) is 1. The largest absolute Gasteiger partial charge is 0.351 e. The summed E-state index contributed by atoms with van der Waals surface area (Å²) in [7, 11) is 0. The van der Waals surface area contributed by atoms with Crippen LogP contribution in [0.25, 0.3) is 0 Å². The minimum atomic E-state index is -0.531. The zero-order valence-corrected chi connectivity index (χ0v) is 11.7. The van der Waals surface area contributed by atoms with E-state index < -0.39 is 11.7 Å². The second-order valence-corrected chi connectivity index (χ2v) is 5.36. The number of thiazole rings is 1. The second kappa shape index (κ2) is 6.06. The SMILES string of the molecule is O=C(NCCc1nccs1)c1c(F)cccc1Br. The molecule has 1 amide bonds. The lowest BCUT2D eigenvalue weighted by atomic mass is 10.2. The number of carbonyl (C=O) groups excluding carboxylic acids is 1. The standard InChI is InChI=1S/C12H10BrFN2OS/c13-8-2-1-3-9(14)11(8)12(17)16-5-4-10-15-6-7-18-10/h1-3,6-7H,4-5H2,(H,16,17). The molecule has 0 aliphatic rings. The molecule has 1 N–H and O–H groups in total. The predicted molar refractivity (Wildman–Crippen MR) is 72.3 cm³/mol. The van der Waals surface area contributed by atoms with Crippen LogP contribution in [0.4, 0.5) is 4.39 Å². The van der Waals surface area contributed by atoms with Gasteiger partial charge >= 0.3 is 0 Å². The van der Waals surface area contributed by atoms with Crippen LogP contribution in [0.3, 0.4) is 0 Å². The van der Waals surface area contributed by atoms with Crippen molar-refractivity contribution in [1.29, 1.82) is 0 Å². The highest BCUT2D eigenvalue weighted by molar-refractivity contribution is 9.10. The van der Waals surface area contributed by atoms with Gasteiger partial charge in [0.05, 0.1) is 10.6 Å². The molecule has 1 aromatic heterocycles. The summed E-state index contributed by atoms with van der Waals surface area (Å²) in [6.45, 7) is 0.438. The third-order valence-corrected chi connectivity index (χ3v) is 3.80. The fraction of sp³-hybridized carbons (Fsp3) is 0.167. The molecule has 0 bridgehead atoms. The maximum Gasteiger partial charge on any atom is 0.255 e. The van der Waals surface area contributed by atoms with Crippen LogP contribution in [0.15, 0.2) is 34.2 Å². The van der Waals surface area contributed by atoms with Gasteiger partial charge < -0.3 is 5.32 Å². The fourth-order valence-corrected chi connectivity index (χ4v) is 2.61. The number of amides is 1. The Morgan fingerprint density at radius 3 is 3.00 bits per heavy atom. The molecule has 0 aliphatic heterocycles. The Balaban J connectivity index is 1.96. The minimum absolute atomic E-state index is 0.0386. The topological polar surface area (TPSA) is 42.0 Å². The monoisotopic (exact) mass is 328 g/mol. The highest BCUT2D eigenvalue weighted by Gasteiger charge is 2.14. The predicted octanol–water partition coefficient (Wildman–Crippen LogP) is 3.02. The maximum absolute atomic E-state index is 13.5. The highest BCUT2D eigenvalue weighted by atomic mass is 79.9. The van der Waals surface area contributed by atoms with Gasteiger partial charge in [-0.25, -0.2) is 9.37 Å². The lowest BCUT2D eigenvalue weighted by Crippen LogP contribution is -2.26. The molecule has 0 radical (unpaired) electrons. The third kappa shape index (κ3) is 3.14. The second-order valence-electron chi connectivity index (χ2n) is 3.53. The lowest BCUT2D eigenvalue weighted by molar-refractivity contribution is 0.0949. The van der Waals surface area contributed by atoms with Gasteiger partial charge in [0.2, 0.25) is 0 Å². The van der Waals surface area contributed by atoms with Gasteiger partial charge in [-0.1, -0.05) is 6.07 Å². The maximum atomic E-state index is 13.5. The van der Waals surface area contributed by atoms with E-state index in [1.807, 2.05) is 5.38 Å². The molecule has 18 heavy (non-hydrogen) atoms. The molecule has 0 atom stereocenters. The van der Waals surface area contributed by atoms with Crippen LogP contribution in [0, 0.1) is 5.82 Å². The molecule has 0 saturated heterocycles. The van der Waals surface area contributed by atoms with Gasteiger partial charge in [0.1, 0.15) is 5.82 Å². The average Bonchev–Trinajstić information content (AvgIpc) is 2.82. The molecule has 1 heterocycles. The van der Waals surface area contributed by atoms with E-state index in [4.69, 9.17) is 0 Å². The van der Waals surface area contributed by atoms with Crippen LogP contribution >= 0.6 is 27.3 Å². The van der Waals surface area contributed by atoms with Gasteiger partial charge in [0.25, 0.3) is 5.91 Å². The number of hydrogen-bond acceptors (Lipinski definition) is 3. The fourth-order valence-electron chi connectivity index (χ4n) is 1.46. The number of benzene rings is 1. The van der Waals surface area contributed by atoms with Gasteiger partial charge in [-0.15, -0.1) is 11.3 Å². The molecule has 6 heteroatoms. The van der Waals surface area contributed by atoms with E-state index in [0.29, 0.717) is 17.4 Å². The van der Waals surface area contributed by atoms with Crippen molar-refractivity contribution in [2.45, 2.75) is 6.42 Å². The molecule has 1 aromatic carbocycles. The molecule has 0 spiro atoms. The highest BCUT2D eigenvalue weighted by Crippen LogP contribution is 2.19. The van der Waals surface area contributed by atoms with Gasteiger partial charge in [-0.05, 0) is 28.1 Å². The molecule has 3 nitrogen and oxygen atoms in total. The first kappa shape index (κ1) is 13.2. The summed E-state index contributed by atoms with van der Waals surface area (Å²) in [5.41, 5.74) is 0.0386. The van der Waals surface area contributed by atoms with E-state index >= 15 is 0 Å². The molecule has 2 aromatic rings. The third-order valence-electron chi connectivity index (χ3n) is 2.30. The Morgan fingerprint density at radius 1 is 1.50 bits per heavy atom. The van der Waals surface area contributed by atoms with Crippen LogP contribution < -0.4 is 5.32 Å². The van der Waals surface area contributed by atoms with E-state index in [0.717, 1.165) is 5.01 Å². The summed E-state index contributed by atoms with van der Waals surface area (Å²) < 4.78 is 14.0. The summed E-state index contributed by atoms with van der Waals surface area (Å²) in [6.07, 6.45) is 2.37. The number of rotatable bonds is 4.